The van der Waals surface area contributed by atoms with Crippen LogP contribution in [-0.4, -0.2) is 0 Å². The third-order valence-electron chi connectivity index (χ3n) is 3.66. The van der Waals surface area contributed by atoms with Gasteiger partial charge in [-0.2, -0.15) is 6.92 Å². The topological polar surface area (TPSA) is 0 Å². The minimum absolute atomic E-state index is 0. The Hall–Kier alpha value is -0.976. The molecular weight excluding hydrogens is 389 g/mol. The zero-order chi connectivity index (χ0) is 13.4. The molecule has 1 radical (unpaired) electrons. The van der Waals surface area contributed by atoms with Crippen LogP contribution in [0.25, 0.3) is 32.3 Å². The quantitative estimate of drug-likeness (QED) is 0.193. The van der Waals surface area contributed by atoms with Crippen LogP contribution >= 0.6 is 0 Å². The molecule has 4 rings (SSSR count). The molecule has 145 valence electrons. The summed E-state index contributed by atoms with van der Waals surface area (Å²) in [6.07, 6.45) is 0. The SMILES string of the molecule is C.C.C.C.C.C.Cc1ccc2ccc3[c-]ccc4ccc1c2c34.[CH2-]C.[Y]. The summed E-state index contributed by atoms with van der Waals surface area (Å²) in [5.41, 5.74) is 1.34. The van der Waals surface area contributed by atoms with Crippen molar-refractivity contribution in [3.8, 4) is 0 Å². The van der Waals surface area contributed by atoms with Gasteiger partial charge in [0.05, 0.1) is 0 Å². The Morgan fingerprint density at radius 2 is 1.15 bits per heavy atom. The molecule has 0 unspecified atom stereocenters. The van der Waals surface area contributed by atoms with E-state index in [-0.39, 0.29) is 77.3 Å². The summed E-state index contributed by atoms with van der Waals surface area (Å²) in [5, 5.41) is 7.94. The fraction of sp³-hybridized carbons (Fsp3) is 0.320. The van der Waals surface area contributed by atoms with E-state index >= 15 is 0 Å². The molecule has 4 aromatic carbocycles. The standard InChI is InChI=1S/C17H11.C2H5.6CH4.Y/c1-11-5-6-14-8-7-12-3-2-4-13-9-10-15(11)17(14)16(12)13;1-2;;;;;;;/h2,4-10H,1H3;1H2,2H3;6*1H4;/q2*-1;;;;;;;. The van der Waals surface area contributed by atoms with Crippen molar-refractivity contribution in [2.45, 2.75) is 58.4 Å². The van der Waals surface area contributed by atoms with Crippen molar-refractivity contribution in [3.05, 3.63) is 67.1 Å². The predicted molar refractivity (Wildman–Crippen MR) is 125 cm³/mol. The molecule has 26 heavy (non-hydrogen) atoms. The molecule has 0 nitrogen and oxygen atoms in total. The normalized spacial score (nSPS) is 7.96. The third kappa shape index (κ3) is 5.76. The van der Waals surface area contributed by atoms with Gasteiger partial charge in [0.1, 0.15) is 0 Å². The van der Waals surface area contributed by atoms with Gasteiger partial charge in [-0.05, 0) is 28.6 Å². The van der Waals surface area contributed by atoms with Gasteiger partial charge in [-0.3, -0.25) is 0 Å². The Kier molecular flexibility index (Phi) is 20.9. The molecule has 0 atom stereocenters. The maximum absolute atomic E-state index is 3.33. The first kappa shape index (κ1) is 36.0. The fourth-order valence-electron chi connectivity index (χ4n) is 2.80. The van der Waals surface area contributed by atoms with Crippen LogP contribution in [0.3, 0.4) is 0 Å². The van der Waals surface area contributed by atoms with Crippen LogP contribution in [-0.2, 0) is 32.7 Å². The van der Waals surface area contributed by atoms with Crippen LogP contribution in [0.4, 0.5) is 0 Å². The monoisotopic (exact) mass is 429 g/mol. The van der Waals surface area contributed by atoms with E-state index in [0.29, 0.717) is 0 Å². The largest absolute Gasteiger partial charge is 0.346 e. The Bertz CT molecular complexity index is 831. The first-order chi connectivity index (χ1) is 9.34. The molecule has 0 fully saturated rings. The summed E-state index contributed by atoms with van der Waals surface area (Å²) in [4.78, 5) is 0. The van der Waals surface area contributed by atoms with Crippen molar-refractivity contribution in [1.82, 2.24) is 0 Å². The van der Waals surface area contributed by atoms with Crippen molar-refractivity contribution in [2.75, 3.05) is 0 Å². The van der Waals surface area contributed by atoms with Gasteiger partial charge in [-0.1, -0.05) is 80.3 Å². The number of benzene rings is 4. The molecule has 0 heterocycles. The molecule has 0 spiro atoms. The minimum atomic E-state index is 0. The van der Waals surface area contributed by atoms with Crippen LogP contribution in [0.15, 0.2) is 48.5 Å². The Labute approximate surface area is 189 Å². The maximum Gasteiger partial charge on any atom is 0 e. The Balaban J connectivity index is -0.000000158. The van der Waals surface area contributed by atoms with Gasteiger partial charge < -0.3 is 6.92 Å². The molecule has 0 aliphatic carbocycles. The molecule has 0 N–H and O–H groups in total. The summed E-state index contributed by atoms with van der Waals surface area (Å²) in [5.74, 6) is 0. The molecule has 0 aliphatic heterocycles. The molecule has 0 saturated heterocycles. The first-order valence-electron chi connectivity index (χ1n) is 6.60. The fourth-order valence-corrected chi connectivity index (χ4v) is 2.80. The van der Waals surface area contributed by atoms with E-state index in [1.165, 1.54) is 37.9 Å². The van der Waals surface area contributed by atoms with Gasteiger partial charge in [-0.25, -0.2) is 0 Å². The number of hydrogen-bond donors (Lipinski definition) is 0. The molecule has 0 bridgehead atoms. The molecule has 4 aromatic rings. The van der Waals surface area contributed by atoms with Crippen molar-refractivity contribution < 1.29 is 32.7 Å². The smallest absolute Gasteiger partial charge is 0 e. The second-order valence-electron chi connectivity index (χ2n) is 4.65. The first-order valence-corrected chi connectivity index (χ1v) is 6.60. The van der Waals surface area contributed by atoms with E-state index in [4.69, 9.17) is 0 Å². The van der Waals surface area contributed by atoms with Gasteiger partial charge in [0.15, 0.2) is 0 Å². The van der Waals surface area contributed by atoms with E-state index in [1.54, 1.807) is 6.92 Å². The van der Waals surface area contributed by atoms with Crippen LogP contribution in [0.1, 0.15) is 57.0 Å². The number of hydrogen-bond acceptors (Lipinski definition) is 0. The molecule has 0 aromatic heterocycles. The van der Waals surface area contributed by atoms with Crippen LogP contribution in [0.2, 0.25) is 0 Å². The Morgan fingerprint density at radius 3 is 1.77 bits per heavy atom. The van der Waals surface area contributed by atoms with Crippen molar-refractivity contribution in [1.29, 1.82) is 0 Å². The summed E-state index contributed by atoms with van der Waals surface area (Å²) < 4.78 is 0. The third-order valence-corrected chi connectivity index (χ3v) is 3.66. The minimum Gasteiger partial charge on any atom is -0.346 e. The second kappa shape index (κ2) is 15.1. The summed E-state index contributed by atoms with van der Waals surface area (Å²) >= 11 is 0. The Morgan fingerprint density at radius 1 is 0.654 bits per heavy atom. The van der Waals surface area contributed by atoms with Gasteiger partial charge in [0.2, 0.25) is 0 Å². The van der Waals surface area contributed by atoms with Crippen molar-refractivity contribution >= 4 is 32.3 Å². The maximum atomic E-state index is 3.33. The van der Waals surface area contributed by atoms with E-state index < -0.39 is 0 Å². The van der Waals surface area contributed by atoms with Gasteiger partial charge >= 0.3 is 0 Å². The predicted octanol–water partition coefficient (Wildman–Crippen LogP) is 9.35. The van der Waals surface area contributed by atoms with Gasteiger partial charge in [-0.15, -0.1) is 35.0 Å². The van der Waals surface area contributed by atoms with Crippen LogP contribution in [0, 0.1) is 19.9 Å². The molecule has 0 amide bonds. The average molecular weight is 430 g/mol. The average Bonchev–Trinajstić information content (AvgIpc) is 2.49. The molecule has 1 heteroatoms. The number of aryl methyl sites for hydroxylation is 1. The van der Waals surface area contributed by atoms with Gasteiger partial charge in [0.25, 0.3) is 0 Å². The van der Waals surface area contributed by atoms with Crippen LogP contribution in [0.5, 0.6) is 0 Å². The molecule has 0 saturated carbocycles. The van der Waals surface area contributed by atoms with E-state index in [9.17, 15) is 0 Å². The summed E-state index contributed by atoms with van der Waals surface area (Å²) in [6, 6.07) is 20.7. The van der Waals surface area contributed by atoms with E-state index in [0.717, 1.165) is 0 Å². The van der Waals surface area contributed by atoms with Crippen LogP contribution < -0.4 is 0 Å². The molecule has 0 aliphatic rings. The van der Waals surface area contributed by atoms with Crippen molar-refractivity contribution in [3.63, 3.8) is 0 Å². The zero-order valence-electron chi connectivity index (χ0n) is 11.9. The summed E-state index contributed by atoms with van der Waals surface area (Å²) in [7, 11) is 0. The number of rotatable bonds is 0. The zero-order valence-corrected chi connectivity index (χ0v) is 14.7. The van der Waals surface area contributed by atoms with E-state index in [1.807, 2.05) is 6.07 Å². The summed E-state index contributed by atoms with van der Waals surface area (Å²) in [6.45, 7) is 7.18. The van der Waals surface area contributed by atoms with E-state index in [2.05, 4.69) is 62.4 Å². The second-order valence-corrected chi connectivity index (χ2v) is 4.65. The van der Waals surface area contributed by atoms with Crippen molar-refractivity contribution in [2.24, 2.45) is 0 Å². The van der Waals surface area contributed by atoms with Gasteiger partial charge in [0, 0.05) is 32.7 Å². The molecular formula is C25H40Y-2.